The number of nitrogens with one attached hydrogen (secondary N) is 3. The van der Waals surface area contributed by atoms with Gasteiger partial charge >= 0.3 is 0 Å². The lowest BCUT2D eigenvalue weighted by atomic mass is 10.0. The van der Waals surface area contributed by atoms with Gasteiger partial charge in [-0.1, -0.05) is 37.6 Å². The molecule has 40 heavy (non-hydrogen) atoms. The maximum absolute atomic E-state index is 13.1. The Kier molecular flexibility index (Phi) is 8.98. The Morgan fingerprint density at radius 1 is 1.07 bits per heavy atom. The molecule has 0 saturated carbocycles. The van der Waals surface area contributed by atoms with Crippen molar-refractivity contribution in [1.29, 1.82) is 0 Å². The Bertz CT molecular complexity index is 1600. The number of benzene rings is 2. The van der Waals surface area contributed by atoms with Gasteiger partial charge in [0, 0.05) is 46.2 Å². The summed E-state index contributed by atoms with van der Waals surface area (Å²) in [5, 5.41) is 7.47. The standard InChI is InChI=1S/C30H33ClN4O4S/c1-5-35(6-2)15-14-32-30(37)28-19(3)27(33-20(28)4)18-25-24-17-23(11-12-26(24)34-29(25)36)40(38,39)16-13-21-7-9-22(31)10-8-21/h7-13,16-18,33H,5-6,14-15H2,1-4H3,(H,32,37)(H,34,36)/b16-13+,25-18-. The van der Waals surface area contributed by atoms with E-state index in [4.69, 9.17) is 11.6 Å². The number of nitrogens with zero attached hydrogens (tertiary/aromatic N) is 1. The molecule has 2 amide bonds. The van der Waals surface area contributed by atoms with Crippen LogP contribution in [0.1, 0.15) is 52.3 Å². The van der Waals surface area contributed by atoms with Crippen LogP contribution in [0.3, 0.4) is 0 Å². The minimum absolute atomic E-state index is 0.0616. The van der Waals surface area contributed by atoms with Gasteiger partial charge < -0.3 is 20.5 Å². The maximum Gasteiger partial charge on any atom is 0.256 e. The molecule has 4 rings (SSSR count). The second kappa shape index (κ2) is 12.2. The number of H-pyrrole nitrogens is 1. The molecule has 210 valence electrons. The lowest BCUT2D eigenvalue weighted by Crippen LogP contribution is -2.35. The van der Waals surface area contributed by atoms with Crippen molar-refractivity contribution in [3.63, 3.8) is 0 Å². The summed E-state index contributed by atoms with van der Waals surface area (Å²) in [6.07, 6.45) is 3.16. The van der Waals surface area contributed by atoms with Crippen molar-refractivity contribution in [3.8, 4) is 0 Å². The summed E-state index contributed by atoms with van der Waals surface area (Å²) >= 11 is 5.91. The van der Waals surface area contributed by atoms with E-state index in [1.54, 1.807) is 36.4 Å². The summed E-state index contributed by atoms with van der Waals surface area (Å²) in [5.74, 6) is -0.529. The van der Waals surface area contributed by atoms with Gasteiger partial charge in [0.05, 0.1) is 16.0 Å². The zero-order valence-electron chi connectivity index (χ0n) is 23.0. The molecule has 3 N–H and O–H groups in total. The SMILES string of the molecule is CCN(CC)CCNC(=O)c1c(C)[nH]c(/C=C2\C(=O)Nc3ccc(S(=O)(=O)/C=C/c4ccc(Cl)cc4)cc32)c1C. The molecule has 0 atom stereocenters. The molecule has 0 radical (unpaired) electrons. The van der Waals surface area contributed by atoms with Crippen LogP contribution in [0.4, 0.5) is 5.69 Å². The fourth-order valence-electron chi connectivity index (χ4n) is 4.67. The Morgan fingerprint density at radius 3 is 2.45 bits per heavy atom. The highest BCUT2D eigenvalue weighted by atomic mass is 35.5. The van der Waals surface area contributed by atoms with Gasteiger partial charge in [0.1, 0.15) is 0 Å². The third-order valence-electron chi connectivity index (χ3n) is 7.01. The van der Waals surface area contributed by atoms with E-state index < -0.39 is 9.84 Å². The van der Waals surface area contributed by atoms with Crippen LogP contribution in [0.15, 0.2) is 52.8 Å². The quantitative estimate of drug-likeness (QED) is 0.282. The van der Waals surface area contributed by atoms with Gasteiger partial charge in [0.2, 0.25) is 0 Å². The first-order valence-corrected chi connectivity index (χ1v) is 15.0. The molecular weight excluding hydrogens is 548 g/mol. The highest BCUT2D eigenvalue weighted by molar-refractivity contribution is 7.94. The van der Waals surface area contributed by atoms with Gasteiger partial charge in [-0.05, 0) is 80.5 Å². The van der Waals surface area contributed by atoms with Crippen molar-refractivity contribution in [2.24, 2.45) is 0 Å². The minimum Gasteiger partial charge on any atom is -0.358 e. The molecular formula is C30H33ClN4O4S. The van der Waals surface area contributed by atoms with Crippen LogP contribution < -0.4 is 10.6 Å². The van der Waals surface area contributed by atoms with E-state index >= 15 is 0 Å². The average Bonchev–Trinajstić information content (AvgIpc) is 3.39. The van der Waals surface area contributed by atoms with Crippen molar-refractivity contribution < 1.29 is 18.0 Å². The highest BCUT2D eigenvalue weighted by Gasteiger charge is 2.27. The first-order valence-electron chi connectivity index (χ1n) is 13.1. The summed E-state index contributed by atoms with van der Waals surface area (Å²) in [4.78, 5) is 31.3. The van der Waals surface area contributed by atoms with Gasteiger partial charge in [-0.25, -0.2) is 8.42 Å². The Balaban J connectivity index is 1.60. The maximum atomic E-state index is 13.1. The average molecular weight is 581 g/mol. The molecule has 0 bridgehead atoms. The largest absolute Gasteiger partial charge is 0.358 e. The topological polar surface area (TPSA) is 111 Å². The second-order valence-electron chi connectivity index (χ2n) is 9.57. The van der Waals surface area contributed by atoms with Gasteiger partial charge in [-0.2, -0.15) is 0 Å². The lowest BCUT2D eigenvalue weighted by molar-refractivity contribution is -0.110. The zero-order valence-corrected chi connectivity index (χ0v) is 24.5. The fraction of sp³-hybridized carbons (Fsp3) is 0.267. The highest BCUT2D eigenvalue weighted by Crippen LogP contribution is 2.36. The zero-order chi connectivity index (χ0) is 29.0. The molecule has 0 fully saturated rings. The number of rotatable bonds is 10. The molecule has 1 aliphatic heterocycles. The number of sulfone groups is 1. The van der Waals surface area contributed by atoms with E-state index in [9.17, 15) is 18.0 Å². The second-order valence-corrected chi connectivity index (χ2v) is 11.8. The van der Waals surface area contributed by atoms with Crippen LogP contribution in [0.5, 0.6) is 0 Å². The number of anilines is 1. The summed E-state index contributed by atoms with van der Waals surface area (Å²) in [6.45, 7) is 10.9. The first-order chi connectivity index (χ1) is 19.0. The number of hydrogen-bond donors (Lipinski definition) is 3. The van der Waals surface area contributed by atoms with Crippen LogP contribution in [0, 0.1) is 13.8 Å². The number of hydrogen-bond acceptors (Lipinski definition) is 5. The normalized spacial score (nSPS) is 14.2. The third-order valence-corrected chi connectivity index (χ3v) is 8.67. The number of amides is 2. The number of aromatic amines is 1. The number of fused-ring (bicyclic) bond motifs is 1. The number of carbonyl (C=O) groups is 2. The van der Waals surface area contributed by atoms with Crippen LogP contribution >= 0.6 is 11.6 Å². The van der Waals surface area contributed by atoms with Crippen molar-refractivity contribution in [2.45, 2.75) is 32.6 Å². The van der Waals surface area contributed by atoms with E-state index in [0.717, 1.165) is 25.0 Å². The molecule has 8 nitrogen and oxygen atoms in total. The van der Waals surface area contributed by atoms with E-state index in [1.165, 1.54) is 18.2 Å². The monoisotopic (exact) mass is 580 g/mol. The Hall–Kier alpha value is -3.66. The van der Waals surface area contributed by atoms with E-state index in [1.807, 2.05) is 13.8 Å². The van der Waals surface area contributed by atoms with E-state index in [0.29, 0.717) is 56.5 Å². The first kappa shape index (κ1) is 29.3. The summed E-state index contributed by atoms with van der Waals surface area (Å²) in [7, 11) is -3.79. The molecule has 10 heteroatoms. The van der Waals surface area contributed by atoms with Crippen LogP contribution in [-0.4, -0.2) is 56.3 Å². The predicted octanol–water partition coefficient (Wildman–Crippen LogP) is 5.29. The molecule has 1 aromatic heterocycles. The number of aromatic nitrogens is 1. The number of halogens is 1. The number of aryl methyl sites for hydroxylation is 1. The van der Waals surface area contributed by atoms with Gasteiger partial charge in [0.25, 0.3) is 11.8 Å². The van der Waals surface area contributed by atoms with Gasteiger partial charge in [0.15, 0.2) is 9.84 Å². The van der Waals surface area contributed by atoms with Gasteiger partial charge in [-0.3, -0.25) is 9.59 Å². The Morgan fingerprint density at radius 2 is 1.77 bits per heavy atom. The molecule has 0 spiro atoms. The van der Waals surface area contributed by atoms with E-state index in [2.05, 4.69) is 34.4 Å². The number of carbonyl (C=O) groups excluding carboxylic acids is 2. The molecule has 2 heterocycles. The smallest absolute Gasteiger partial charge is 0.256 e. The molecule has 0 unspecified atom stereocenters. The number of likely N-dealkylation sites (N-methyl/N-ethyl adjacent to an activating group) is 1. The molecule has 1 aliphatic rings. The van der Waals surface area contributed by atoms with Crippen molar-refractivity contribution in [3.05, 3.63) is 86.5 Å². The van der Waals surface area contributed by atoms with Crippen LogP contribution in [0.25, 0.3) is 17.7 Å². The molecule has 0 aliphatic carbocycles. The fourth-order valence-corrected chi connectivity index (χ4v) is 5.83. The van der Waals surface area contributed by atoms with Gasteiger partial charge in [-0.15, -0.1) is 0 Å². The van der Waals surface area contributed by atoms with E-state index in [-0.39, 0.29) is 16.7 Å². The lowest BCUT2D eigenvalue weighted by Gasteiger charge is -2.18. The summed E-state index contributed by atoms with van der Waals surface area (Å²) in [6, 6.07) is 11.4. The minimum atomic E-state index is -3.79. The van der Waals surface area contributed by atoms with Crippen molar-refractivity contribution >= 4 is 56.7 Å². The third kappa shape index (κ3) is 6.38. The van der Waals surface area contributed by atoms with Crippen LogP contribution in [0.2, 0.25) is 5.02 Å². The van der Waals surface area contributed by atoms with Crippen molar-refractivity contribution in [2.75, 3.05) is 31.5 Å². The van der Waals surface area contributed by atoms with Crippen LogP contribution in [-0.2, 0) is 14.6 Å². The predicted molar refractivity (Wildman–Crippen MR) is 161 cm³/mol. The molecule has 3 aromatic rings. The summed E-state index contributed by atoms with van der Waals surface area (Å²) in [5.41, 5.74) is 4.54. The Labute approximate surface area is 240 Å². The molecule has 2 aromatic carbocycles. The van der Waals surface area contributed by atoms with Crippen molar-refractivity contribution in [1.82, 2.24) is 15.2 Å². The molecule has 0 saturated heterocycles. The summed E-state index contributed by atoms with van der Waals surface area (Å²) < 4.78 is 26.1.